The summed E-state index contributed by atoms with van der Waals surface area (Å²) in [6.45, 7) is 6.24. The fourth-order valence-electron chi connectivity index (χ4n) is 5.86. The first-order valence-corrected chi connectivity index (χ1v) is 12.5. The minimum Gasteiger partial charge on any atom is -0.390 e. The third kappa shape index (κ3) is 4.26. The van der Waals surface area contributed by atoms with Gasteiger partial charge in [0, 0.05) is 52.0 Å². The average Bonchev–Trinajstić information content (AvgIpc) is 3.19. The first kappa shape index (κ1) is 21.8. The Labute approximate surface area is 200 Å². The molecular formula is C26H33N5O3. The van der Waals surface area contributed by atoms with Gasteiger partial charge in [0.1, 0.15) is 5.82 Å². The lowest BCUT2D eigenvalue weighted by Crippen LogP contribution is -2.64. The highest BCUT2D eigenvalue weighted by Gasteiger charge is 2.43. The number of anilines is 1. The molecule has 0 aliphatic carbocycles. The molecule has 1 aromatic carbocycles. The molecule has 8 heteroatoms. The standard InChI is InChI=1S/C26H33N5O3/c32-24(15-28-8-7-20-3-1-2-4-21(20)14-28)16-30-10-9-29(26(30)33)13-19-5-6-25(27-12-19)31-22-11-23(31)18-34-17-22/h1-6,12,22-24,32H,7-11,13-18H2. The predicted octanol–water partition coefficient (Wildman–Crippen LogP) is 1.72. The van der Waals surface area contributed by atoms with Crippen LogP contribution in [0.5, 0.6) is 0 Å². The van der Waals surface area contributed by atoms with Gasteiger partial charge in [0.05, 0.1) is 31.4 Å². The van der Waals surface area contributed by atoms with Crippen LogP contribution in [-0.2, 0) is 24.2 Å². The summed E-state index contributed by atoms with van der Waals surface area (Å²) < 4.78 is 5.56. The Hall–Kier alpha value is -2.68. The Morgan fingerprint density at radius 1 is 1.00 bits per heavy atom. The monoisotopic (exact) mass is 463 g/mol. The number of aliphatic hydroxyl groups is 1. The van der Waals surface area contributed by atoms with E-state index in [2.05, 4.69) is 51.2 Å². The molecule has 3 unspecified atom stereocenters. The maximum Gasteiger partial charge on any atom is 0.320 e. The summed E-state index contributed by atoms with van der Waals surface area (Å²) in [5, 5.41) is 10.7. The molecule has 0 spiro atoms. The summed E-state index contributed by atoms with van der Waals surface area (Å²) in [6.07, 6.45) is 3.55. The molecule has 4 aliphatic heterocycles. The largest absolute Gasteiger partial charge is 0.390 e. The number of hydrogen-bond acceptors (Lipinski definition) is 6. The van der Waals surface area contributed by atoms with E-state index in [0.29, 0.717) is 44.8 Å². The maximum absolute atomic E-state index is 12.9. The number of carbonyl (C=O) groups excluding carboxylic acids is 1. The normalized spacial score (nSPS) is 25.3. The van der Waals surface area contributed by atoms with Gasteiger partial charge >= 0.3 is 6.03 Å². The van der Waals surface area contributed by atoms with Crippen LogP contribution in [0.3, 0.4) is 0 Å². The summed E-state index contributed by atoms with van der Waals surface area (Å²) in [5.41, 5.74) is 3.78. The van der Waals surface area contributed by atoms with E-state index in [9.17, 15) is 9.90 Å². The molecule has 180 valence electrons. The third-order valence-electron chi connectivity index (χ3n) is 7.69. The number of nitrogens with zero attached hydrogens (tertiary/aromatic N) is 5. The molecule has 5 heterocycles. The number of amides is 2. The maximum atomic E-state index is 12.9. The fraction of sp³-hybridized carbons (Fsp3) is 0.538. The molecule has 1 N–H and O–H groups in total. The molecule has 3 saturated heterocycles. The number of fused-ring (bicyclic) bond motifs is 3. The zero-order chi connectivity index (χ0) is 23.1. The second-order valence-corrected chi connectivity index (χ2v) is 10.1. The van der Waals surface area contributed by atoms with Crippen molar-refractivity contribution in [3.05, 3.63) is 59.3 Å². The molecule has 0 saturated carbocycles. The molecule has 8 nitrogen and oxygen atoms in total. The minimum absolute atomic E-state index is 0.00143. The lowest BCUT2D eigenvalue weighted by molar-refractivity contribution is 0.00970. The molecule has 6 rings (SSSR count). The molecule has 1 aromatic heterocycles. The van der Waals surface area contributed by atoms with Gasteiger partial charge < -0.3 is 24.5 Å². The Morgan fingerprint density at radius 2 is 1.79 bits per heavy atom. The Kier molecular flexibility index (Phi) is 5.89. The Bertz CT molecular complexity index is 1020. The number of carbonyl (C=O) groups is 1. The van der Waals surface area contributed by atoms with Crippen LogP contribution in [-0.4, -0.2) is 94.9 Å². The molecule has 2 amide bonds. The van der Waals surface area contributed by atoms with Crippen LogP contribution in [0.4, 0.5) is 10.6 Å². The van der Waals surface area contributed by atoms with Crippen LogP contribution in [0.25, 0.3) is 0 Å². The van der Waals surface area contributed by atoms with E-state index in [1.807, 2.05) is 11.1 Å². The van der Waals surface area contributed by atoms with E-state index >= 15 is 0 Å². The van der Waals surface area contributed by atoms with Crippen LogP contribution < -0.4 is 4.90 Å². The van der Waals surface area contributed by atoms with Gasteiger partial charge in [-0.3, -0.25) is 4.90 Å². The van der Waals surface area contributed by atoms with Crippen LogP contribution in [0, 0.1) is 0 Å². The molecular weight excluding hydrogens is 430 g/mol. The number of β-amino-alcohol motifs (C(OH)–C–C–N with tert-alkyl or cyclic N) is 1. The van der Waals surface area contributed by atoms with Gasteiger partial charge in [-0.05, 0) is 35.6 Å². The first-order valence-electron chi connectivity index (χ1n) is 12.5. The highest BCUT2D eigenvalue weighted by molar-refractivity contribution is 5.76. The van der Waals surface area contributed by atoms with E-state index in [-0.39, 0.29) is 6.03 Å². The van der Waals surface area contributed by atoms with Crippen molar-refractivity contribution in [1.29, 1.82) is 0 Å². The van der Waals surface area contributed by atoms with Crippen molar-refractivity contribution >= 4 is 11.8 Å². The number of ether oxygens (including phenoxy) is 1. The highest BCUT2D eigenvalue weighted by Crippen LogP contribution is 2.34. The molecule has 0 radical (unpaired) electrons. The highest BCUT2D eigenvalue weighted by atomic mass is 16.5. The van der Waals surface area contributed by atoms with Crippen LogP contribution in [0.15, 0.2) is 42.6 Å². The smallest absolute Gasteiger partial charge is 0.320 e. The quantitative estimate of drug-likeness (QED) is 0.674. The van der Waals surface area contributed by atoms with Gasteiger partial charge in [-0.25, -0.2) is 9.78 Å². The second-order valence-electron chi connectivity index (χ2n) is 10.1. The molecule has 34 heavy (non-hydrogen) atoms. The number of urea groups is 1. The van der Waals surface area contributed by atoms with Gasteiger partial charge in [0.15, 0.2) is 0 Å². The molecule has 3 atom stereocenters. The van der Waals surface area contributed by atoms with Gasteiger partial charge in [-0.1, -0.05) is 30.3 Å². The van der Waals surface area contributed by atoms with Crippen molar-refractivity contribution in [3.8, 4) is 0 Å². The summed E-state index contributed by atoms with van der Waals surface area (Å²) in [4.78, 5) is 25.9. The first-order chi connectivity index (χ1) is 16.6. The number of pyridine rings is 1. The van der Waals surface area contributed by atoms with Gasteiger partial charge in [-0.15, -0.1) is 0 Å². The number of hydrogen-bond donors (Lipinski definition) is 1. The van der Waals surface area contributed by atoms with E-state index in [0.717, 1.165) is 44.1 Å². The molecule has 3 fully saturated rings. The topological polar surface area (TPSA) is 72.4 Å². The number of benzene rings is 1. The summed E-state index contributed by atoms with van der Waals surface area (Å²) >= 11 is 0. The van der Waals surface area contributed by atoms with E-state index in [1.54, 1.807) is 4.90 Å². The second kappa shape index (κ2) is 9.17. The predicted molar refractivity (Wildman–Crippen MR) is 129 cm³/mol. The van der Waals surface area contributed by atoms with Gasteiger partial charge in [-0.2, -0.15) is 0 Å². The number of aromatic nitrogens is 1. The van der Waals surface area contributed by atoms with Crippen molar-refractivity contribution in [2.24, 2.45) is 0 Å². The SMILES string of the molecule is O=C1N(Cc2ccc(N3C4COCC3C4)nc2)CCN1CC(O)CN1CCc2ccccc2C1. The molecule has 2 aromatic rings. The summed E-state index contributed by atoms with van der Waals surface area (Å²) in [5.74, 6) is 1.01. The number of aliphatic hydroxyl groups excluding tert-OH is 1. The summed E-state index contributed by atoms with van der Waals surface area (Å²) in [7, 11) is 0. The Morgan fingerprint density at radius 3 is 2.56 bits per heavy atom. The lowest BCUT2D eigenvalue weighted by atomic mass is 9.91. The fourth-order valence-corrected chi connectivity index (χ4v) is 5.86. The van der Waals surface area contributed by atoms with Gasteiger partial charge in [0.2, 0.25) is 0 Å². The number of rotatable bonds is 7. The summed E-state index contributed by atoms with van der Waals surface area (Å²) in [6, 6.07) is 13.6. The van der Waals surface area contributed by atoms with Crippen LogP contribution in [0.1, 0.15) is 23.1 Å². The van der Waals surface area contributed by atoms with E-state index in [1.165, 1.54) is 17.5 Å². The van der Waals surface area contributed by atoms with Crippen molar-refractivity contribution in [1.82, 2.24) is 19.7 Å². The van der Waals surface area contributed by atoms with E-state index < -0.39 is 6.10 Å². The van der Waals surface area contributed by atoms with Crippen molar-refractivity contribution in [3.63, 3.8) is 0 Å². The van der Waals surface area contributed by atoms with Crippen LogP contribution >= 0.6 is 0 Å². The Balaban J connectivity index is 0.993. The zero-order valence-electron chi connectivity index (χ0n) is 19.6. The van der Waals surface area contributed by atoms with Crippen molar-refractivity contribution < 1.29 is 14.6 Å². The van der Waals surface area contributed by atoms with Gasteiger partial charge in [0.25, 0.3) is 0 Å². The van der Waals surface area contributed by atoms with E-state index in [4.69, 9.17) is 4.74 Å². The van der Waals surface area contributed by atoms with Crippen molar-refractivity contribution in [2.45, 2.75) is 44.1 Å². The number of morpholine rings is 1. The third-order valence-corrected chi connectivity index (χ3v) is 7.69. The van der Waals surface area contributed by atoms with Crippen LogP contribution in [0.2, 0.25) is 0 Å². The molecule has 4 aliphatic rings. The molecule has 2 bridgehead atoms. The average molecular weight is 464 g/mol. The minimum atomic E-state index is -0.546. The van der Waals surface area contributed by atoms with Crippen molar-refractivity contribution in [2.75, 3.05) is 50.8 Å². The zero-order valence-corrected chi connectivity index (χ0v) is 19.6. The lowest BCUT2D eigenvalue weighted by Gasteiger charge is -2.53.